The maximum atomic E-state index is 5.57. The molecule has 1 rings (SSSR count). The quantitative estimate of drug-likeness (QED) is 0.712. The average molecular weight is 223 g/mol. The van der Waals surface area contributed by atoms with E-state index < -0.39 is 0 Å². The van der Waals surface area contributed by atoms with Gasteiger partial charge >= 0.3 is 0 Å². The predicted molar refractivity (Wildman–Crippen MR) is 51.4 cm³/mol. The zero-order valence-corrected chi connectivity index (χ0v) is 9.06. The van der Waals surface area contributed by atoms with Gasteiger partial charge in [-0.2, -0.15) is 0 Å². The van der Waals surface area contributed by atoms with Crippen LogP contribution in [-0.4, -0.2) is 30.0 Å². The molecule has 0 aliphatic carbocycles. The Hall–Kier alpha value is -0.390. The summed E-state index contributed by atoms with van der Waals surface area (Å²) in [5, 5.41) is 8.94. The lowest BCUT2D eigenvalue weighted by Gasteiger charge is -2.09. The van der Waals surface area contributed by atoms with E-state index >= 15 is 0 Å². The van der Waals surface area contributed by atoms with Crippen molar-refractivity contribution in [1.82, 2.24) is 10.2 Å². The first-order valence-electron chi connectivity index (χ1n) is 3.80. The number of aromatic nitrogens is 2. The highest BCUT2D eigenvalue weighted by atomic mass is 35.5. The molecule has 0 amide bonds. The minimum absolute atomic E-state index is 0.0128. The van der Waals surface area contributed by atoms with Gasteiger partial charge in [-0.15, -0.1) is 21.8 Å². The maximum Gasteiger partial charge on any atom is 0.294 e. The minimum Gasteiger partial charge on any atom is -0.463 e. The number of alkyl halides is 1. The summed E-state index contributed by atoms with van der Waals surface area (Å²) in [6.45, 7) is 2.45. The number of halogens is 1. The largest absolute Gasteiger partial charge is 0.463 e. The highest BCUT2D eigenvalue weighted by molar-refractivity contribution is 7.13. The number of ether oxygens (including phenoxy) is 2. The van der Waals surface area contributed by atoms with Gasteiger partial charge in [0.25, 0.3) is 5.19 Å². The molecule has 1 atom stereocenters. The van der Waals surface area contributed by atoms with Crippen molar-refractivity contribution in [2.75, 3.05) is 13.7 Å². The summed E-state index contributed by atoms with van der Waals surface area (Å²) in [6, 6.07) is 0. The molecule has 0 aliphatic rings. The standard InChI is InChI=1S/C7H11ClN2O2S/c1-5(4-11-2)12-7-10-9-6(3-8)13-7/h5H,3-4H2,1-2H3. The summed E-state index contributed by atoms with van der Waals surface area (Å²) in [5.74, 6) is 0.375. The van der Waals surface area contributed by atoms with Gasteiger partial charge in [-0.25, -0.2) is 0 Å². The van der Waals surface area contributed by atoms with Gasteiger partial charge in [0, 0.05) is 7.11 Å². The van der Waals surface area contributed by atoms with Crippen LogP contribution in [0.5, 0.6) is 5.19 Å². The fraction of sp³-hybridized carbons (Fsp3) is 0.714. The number of hydrogen-bond donors (Lipinski definition) is 0. The molecule has 0 saturated carbocycles. The molecule has 13 heavy (non-hydrogen) atoms. The van der Waals surface area contributed by atoms with Gasteiger partial charge < -0.3 is 9.47 Å². The maximum absolute atomic E-state index is 5.57. The molecular weight excluding hydrogens is 212 g/mol. The molecule has 0 N–H and O–H groups in total. The summed E-state index contributed by atoms with van der Waals surface area (Å²) in [6.07, 6.45) is -0.0128. The van der Waals surface area contributed by atoms with Gasteiger partial charge in [0.2, 0.25) is 0 Å². The van der Waals surface area contributed by atoms with Crippen LogP contribution in [0.15, 0.2) is 0 Å². The molecule has 74 valence electrons. The van der Waals surface area contributed by atoms with E-state index in [1.165, 1.54) is 11.3 Å². The summed E-state index contributed by atoms with van der Waals surface area (Å²) >= 11 is 6.92. The average Bonchev–Trinajstić information content (AvgIpc) is 2.52. The number of rotatable bonds is 5. The molecule has 0 fully saturated rings. The summed E-state index contributed by atoms with van der Waals surface area (Å²) in [7, 11) is 1.63. The highest BCUT2D eigenvalue weighted by Gasteiger charge is 2.08. The Balaban J connectivity index is 2.44. The molecule has 1 heterocycles. The molecule has 0 saturated heterocycles. The summed E-state index contributed by atoms with van der Waals surface area (Å²) in [5.41, 5.74) is 0. The van der Waals surface area contributed by atoms with Crippen LogP contribution in [0.3, 0.4) is 0 Å². The van der Waals surface area contributed by atoms with Crippen LogP contribution in [-0.2, 0) is 10.6 Å². The smallest absolute Gasteiger partial charge is 0.294 e. The van der Waals surface area contributed by atoms with Gasteiger partial charge in [0.05, 0.1) is 12.5 Å². The normalized spacial score (nSPS) is 12.8. The fourth-order valence-corrected chi connectivity index (χ4v) is 1.63. The second kappa shape index (κ2) is 5.36. The monoisotopic (exact) mass is 222 g/mol. The molecule has 0 bridgehead atoms. The zero-order chi connectivity index (χ0) is 9.68. The van der Waals surface area contributed by atoms with Crippen molar-refractivity contribution in [3.05, 3.63) is 5.01 Å². The topological polar surface area (TPSA) is 44.2 Å². The van der Waals surface area contributed by atoms with E-state index in [4.69, 9.17) is 21.1 Å². The molecule has 1 aromatic heterocycles. The van der Waals surface area contributed by atoms with E-state index in [1.807, 2.05) is 6.92 Å². The van der Waals surface area contributed by atoms with Crippen LogP contribution in [0.2, 0.25) is 0 Å². The molecular formula is C7H11ClN2O2S. The van der Waals surface area contributed by atoms with Crippen molar-refractivity contribution in [3.8, 4) is 5.19 Å². The molecule has 4 nitrogen and oxygen atoms in total. The van der Waals surface area contributed by atoms with Crippen molar-refractivity contribution < 1.29 is 9.47 Å². The Labute approximate surface area is 85.8 Å². The number of hydrogen-bond acceptors (Lipinski definition) is 5. The van der Waals surface area contributed by atoms with Crippen LogP contribution in [0, 0.1) is 0 Å². The molecule has 1 aromatic rings. The van der Waals surface area contributed by atoms with Crippen LogP contribution in [0.1, 0.15) is 11.9 Å². The molecule has 0 aromatic carbocycles. The Morgan fingerprint density at radius 3 is 2.85 bits per heavy atom. The number of methoxy groups -OCH3 is 1. The van der Waals surface area contributed by atoms with Gasteiger partial charge in [0.15, 0.2) is 0 Å². The minimum atomic E-state index is -0.0128. The lowest BCUT2D eigenvalue weighted by molar-refractivity contribution is 0.0914. The highest BCUT2D eigenvalue weighted by Crippen LogP contribution is 2.20. The first-order chi connectivity index (χ1) is 6.26. The summed E-state index contributed by atoms with van der Waals surface area (Å²) in [4.78, 5) is 0. The van der Waals surface area contributed by atoms with Crippen molar-refractivity contribution >= 4 is 22.9 Å². The first kappa shape index (κ1) is 10.7. The van der Waals surface area contributed by atoms with Crippen LogP contribution in [0.25, 0.3) is 0 Å². The van der Waals surface area contributed by atoms with Gasteiger partial charge in [-0.1, -0.05) is 11.3 Å². The fourth-order valence-electron chi connectivity index (χ4n) is 0.781. The Morgan fingerprint density at radius 1 is 1.54 bits per heavy atom. The van der Waals surface area contributed by atoms with Crippen LogP contribution < -0.4 is 4.74 Å². The second-order valence-electron chi connectivity index (χ2n) is 2.48. The Bertz CT molecular complexity index is 256. The molecule has 0 spiro atoms. The van der Waals surface area contributed by atoms with Crippen LogP contribution >= 0.6 is 22.9 Å². The van der Waals surface area contributed by atoms with E-state index in [-0.39, 0.29) is 6.10 Å². The predicted octanol–water partition coefficient (Wildman–Crippen LogP) is 1.69. The third-order valence-corrected chi connectivity index (χ3v) is 2.49. The van der Waals surface area contributed by atoms with E-state index in [1.54, 1.807) is 7.11 Å². The van der Waals surface area contributed by atoms with E-state index in [0.29, 0.717) is 17.7 Å². The molecule has 1 unspecified atom stereocenters. The van der Waals surface area contributed by atoms with Gasteiger partial charge in [0.1, 0.15) is 11.1 Å². The first-order valence-corrected chi connectivity index (χ1v) is 5.15. The van der Waals surface area contributed by atoms with Crippen molar-refractivity contribution in [2.45, 2.75) is 18.9 Å². The van der Waals surface area contributed by atoms with Crippen molar-refractivity contribution in [3.63, 3.8) is 0 Å². The van der Waals surface area contributed by atoms with E-state index in [2.05, 4.69) is 10.2 Å². The van der Waals surface area contributed by atoms with Crippen LogP contribution in [0.4, 0.5) is 0 Å². The van der Waals surface area contributed by atoms with E-state index in [9.17, 15) is 0 Å². The second-order valence-corrected chi connectivity index (χ2v) is 3.77. The zero-order valence-electron chi connectivity index (χ0n) is 7.49. The lowest BCUT2D eigenvalue weighted by atomic mass is 10.4. The number of nitrogens with zero attached hydrogens (tertiary/aromatic N) is 2. The van der Waals surface area contributed by atoms with E-state index in [0.717, 1.165) is 5.01 Å². The third kappa shape index (κ3) is 3.46. The van der Waals surface area contributed by atoms with Crippen molar-refractivity contribution in [2.24, 2.45) is 0 Å². The SMILES string of the molecule is COCC(C)Oc1nnc(CCl)s1. The molecule has 0 aliphatic heterocycles. The summed E-state index contributed by atoms with van der Waals surface area (Å²) < 4.78 is 10.3. The lowest BCUT2D eigenvalue weighted by Crippen LogP contribution is -2.17. The van der Waals surface area contributed by atoms with Crippen molar-refractivity contribution in [1.29, 1.82) is 0 Å². The molecule has 0 radical (unpaired) electrons. The Morgan fingerprint density at radius 2 is 2.31 bits per heavy atom. The third-order valence-electron chi connectivity index (χ3n) is 1.27. The Kier molecular flexibility index (Phi) is 4.41. The van der Waals surface area contributed by atoms with Gasteiger partial charge in [-0.05, 0) is 6.92 Å². The molecule has 6 heteroatoms. The van der Waals surface area contributed by atoms with Gasteiger partial charge in [-0.3, -0.25) is 0 Å².